The third kappa shape index (κ3) is 3.69. The van der Waals surface area contributed by atoms with Gasteiger partial charge in [0.25, 0.3) is 0 Å². The van der Waals surface area contributed by atoms with Crippen molar-refractivity contribution in [1.29, 1.82) is 5.26 Å². The molecule has 20 heavy (non-hydrogen) atoms. The van der Waals surface area contributed by atoms with Crippen LogP contribution in [0, 0.1) is 17.1 Å². The Bertz CT molecular complexity index is 511. The molecule has 0 aromatic heterocycles. The predicted octanol–water partition coefficient (Wildman–Crippen LogP) is 1.59. The van der Waals surface area contributed by atoms with Crippen molar-refractivity contribution in [2.24, 2.45) is 0 Å². The number of nitriles is 1. The topological polar surface area (TPSA) is 50.5 Å². The molecule has 0 aliphatic carbocycles. The van der Waals surface area contributed by atoms with Crippen LogP contribution in [0.15, 0.2) is 18.2 Å². The minimum Gasteiger partial charge on any atom is -0.389 e. The molecule has 2 rings (SSSR count). The molecule has 5 heteroatoms. The van der Waals surface area contributed by atoms with Gasteiger partial charge in [-0.05, 0) is 32.0 Å². The summed E-state index contributed by atoms with van der Waals surface area (Å²) in [5.74, 6) is -0.383. The quantitative estimate of drug-likeness (QED) is 0.911. The van der Waals surface area contributed by atoms with Crippen LogP contribution in [0.3, 0.4) is 0 Å². The van der Waals surface area contributed by atoms with Gasteiger partial charge in [-0.15, -0.1) is 0 Å². The van der Waals surface area contributed by atoms with E-state index < -0.39 is 5.60 Å². The maximum Gasteiger partial charge on any atom is 0.124 e. The third-order valence-corrected chi connectivity index (χ3v) is 3.40. The number of hydrogen-bond acceptors (Lipinski definition) is 4. The van der Waals surface area contributed by atoms with Gasteiger partial charge in [-0.3, -0.25) is 4.90 Å². The summed E-state index contributed by atoms with van der Waals surface area (Å²) in [7, 11) is 0. The Balaban J connectivity index is 2.03. The number of hydrogen-bond donors (Lipinski definition) is 1. The maximum atomic E-state index is 13.1. The molecule has 1 aromatic carbocycles. The van der Waals surface area contributed by atoms with Gasteiger partial charge in [0, 0.05) is 32.7 Å². The molecule has 1 aromatic rings. The normalized spacial score (nSPS) is 17.1. The van der Waals surface area contributed by atoms with E-state index in [-0.39, 0.29) is 5.82 Å². The molecule has 0 radical (unpaired) electrons. The number of piperazine rings is 1. The zero-order valence-corrected chi connectivity index (χ0v) is 11.9. The van der Waals surface area contributed by atoms with Gasteiger partial charge in [-0.1, -0.05) is 0 Å². The minimum absolute atomic E-state index is 0.376. The molecule has 0 amide bonds. The number of benzene rings is 1. The molecule has 0 atom stereocenters. The largest absolute Gasteiger partial charge is 0.389 e. The summed E-state index contributed by atoms with van der Waals surface area (Å²) in [6.07, 6.45) is 0. The van der Waals surface area contributed by atoms with Crippen LogP contribution >= 0.6 is 0 Å². The monoisotopic (exact) mass is 277 g/mol. The lowest BCUT2D eigenvalue weighted by Crippen LogP contribution is -2.50. The smallest absolute Gasteiger partial charge is 0.124 e. The van der Waals surface area contributed by atoms with E-state index in [1.165, 1.54) is 12.1 Å². The van der Waals surface area contributed by atoms with Crippen molar-refractivity contribution in [2.45, 2.75) is 19.4 Å². The fourth-order valence-corrected chi connectivity index (χ4v) is 2.57. The van der Waals surface area contributed by atoms with Crippen LogP contribution < -0.4 is 4.90 Å². The van der Waals surface area contributed by atoms with E-state index in [1.807, 2.05) is 6.07 Å². The van der Waals surface area contributed by atoms with Crippen LogP contribution in [-0.4, -0.2) is 48.3 Å². The first-order valence-corrected chi connectivity index (χ1v) is 6.78. The first-order chi connectivity index (χ1) is 9.39. The van der Waals surface area contributed by atoms with E-state index in [4.69, 9.17) is 5.26 Å². The summed E-state index contributed by atoms with van der Waals surface area (Å²) >= 11 is 0. The van der Waals surface area contributed by atoms with Crippen molar-refractivity contribution in [1.82, 2.24) is 4.90 Å². The summed E-state index contributed by atoms with van der Waals surface area (Å²) in [5, 5.41) is 18.9. The van der Waals surface area contributed by atoms with Gasteiger partial charge in [-0.25, -0.2) is 4.39 Å². The van der Waals surface area contributed by atoms with Gasteiger partial charge < -0.3 is 10.0 Å². The lowest BCUT2D eigenvalue weighted by atomic mass is 10.1. The van der Waals surface area contributed by atoms with E-state index >= 15 is 0 Å². The lowest BCUT2D eigenvalue weighted by molar-refractivity contribution is 0.0345. The van der Waals surface area contributed by atoms with Crippen molar-refractivity contribution in [3.8, 4) is 6.07 Å². The van der Waals surface area contributed by atoms with Gasteiger partial charge in [-0.2, -0.15) is 5.26 Å². The van der Waals surface area contributed by atoms with Crippen LogP contribution in [0.25, 0.3) is 0 Å². The molecule has 0 bridgehead atoms. The Morgan fingerprint density at radius 3 is 2.50 bits per heavy atom. The number of rotatable bonds is 3. The van der Waals surface area contributed by atoms with Gasteiger partial charge in [0.15, 0.2) is 0 Å². The first-order valence-electron chi connectivity index (χ1n) is 6.78. The van der Waals surface area contributed by atoms with Crippen LogP contribution in [0.2, 0.25) is 0 Å². The van der Waals surface area contributed by atoms with Crippen molar-refractivity contribution in [2.75, 3.05) is 37.6 Å². The van der Waals surface area contributed by atoms with Crippen molar-refractivity contribution >= 4 is 5.69 Å². The Hall–Kier alpha value is -1.64. The highest BCUT2D eigenvalue weighted by atomic mass is 19.1. The number of anilines is 1. The minimum atomic E-state index is -0.699. The first kappa shape index (κ1) is 14.8. The van der Waals surface area contributed by atoms with E-state index in [1.54, 1.807) is 19.9 Å². The van der Waals surface area contributed by atoms with Crippen LogP contribution in [0.4, 0.5) is 10.1 Å². The number of nitrogens with zero attached hydrogens (tertiary/aromatic N) is 3. The van der Waals surface area contributed by atoms with E-state index in [9.17, 15) is 9.50 Å². The SMILES string of the molecule is CC(C)(O)CN1CCN(c2ccc(F)cc2C#N)CC1. The van der Waals surface area contributed by atoms with Crippen molar-refractivity contribution < 1.29 is 9.50 Å². The molecule has 1 N–H and O–H groups in total. The Labute approximate surface area is 119 Å². The average Bonchev–Trinajstić information content (AvgIpc) is 2.38. The summed E-state index contributed by atoms with van der Waals surface area (Å²) < 4.78 is 13.1. The zero-order valence-electron chi connectivity index (χ0n) is 11.9. The van der Waals surface area contributed by atoms with Crippen molar-refractivity contribution in [3.63, 3.8) is 0 Å². The Morgan fingerprint density at radius 1 is 1.30 bits per heavy atom. The molecule has 1 aliphatic rings. The van der Waals surface area contributed by atoms with Gasteiger partial charge in [0.2, 0.25) is 0 Å². The van der Waals surface area contributed by atoms with Gasteiger partial charge in [0.05, 0.1) is 16.9 Å². The second-order valence-corrected chi connectivity index (χ2v) is 5.85. The number of β-amino-alcohol motifs (C(OH)–C–C–N with tert-alkyl or cyclic N) is 1. The maximum absolute atomic E-state index is 13.1. The Kier molecular flexibility index (Phi) is 4.26. The van der Waals surface area contributed by atoms with E-state index in [0.717, 1.165) is 31.9 Å². The molecular formula is C15H20FN3O. The molecule has 4 nitrogen and oxygen atoms in total. The van der Waals surface area contributed by atoms with Gasteiger partial charge in [0.1, 0.15) is 11.9 Å². The molecule has 1 fully saturated rings. The average molecular weight is 277 g/mol. The summed E-state index contributed by atoms with van der Waals surface area (Å²) in [5.41, 5.74) is 0.466. The van der Waals surface area contributed by atoms with Gasteiger partial charge >= 0.3 is 0 Å². The summed E-state index contributed by atoms with van der Waals surface area (Å²) in [6, 6.07) is 6.38. The van der Waals surface area contributed by atoms with Crippen LogP contribution in [0.5, 0.6) is 0 Å². The zero-order chi connectivity index (χ0) is 14.8. The highest BCUT2D eigenvalue weighted by Gasteiger charge is 2.23. The van der Waals surface area contributed by atoms with Crippen LogP contribution in [-0.2, 0) is 0 Å². The fraction of sp³-hybridized carbons (Fsp3) is 0.533. The molecule has 1 aliphatic heterocycles. The molecule has 0 spiro atoms. The second-order valence-electron chi connectivity index (χ2n) is 5.85. The molecule has 0 saturated carbocycles. The highest BCUT2D eigenvalue weighted by Crippen LogP contribution is 2.22. The van der Waals surface area contributed by atoms with E-state index in [0.29, 0.717) is 12.1 Å². The van der Waals surface area contributed by atoms with E-state index in [2.05, 4.69) is 9.80 Å². The van der Waals surface area contributed by atoms with Crippen molar-refractivity contribution in [3.05, 3.63) is 29.6 Å². The van der Waals surface area contributed by atoms with Crippen LogP contribution in [0.1, 0.15) is 19.4 Å². The second kappa shape index (κ2) is 5.78. The Morgan fingerprint density at radius 2 is 1.95 bits per heavy atom. The molecule has 108 valence electrons. The summed E-state index contributed by atoms with van der Waals surface area (Å²) in [4.78, 5) is 4.30. The highest BCUT2D eigenvalue weighted by molar-refractivity contribution is 5.59. The molecule has 0 unspecified atom stereocenters. The third-order valence-electron chi connectivity index (χ3n) is 3.40. The standard InChI is InChI=1S/C15H20FN3O/c1-15(2,20)11-18-5-7-19(8-6-18)14-4-3-13(16)9-12(14)10-17/h3-4,9,20H,5-8,11H2,1-2H3. The predicted molar refractivity (Wildman–Crippen MR) is 76.1 cm³/mol. The fourth-order valence-electron chi connectivity index (χ4n) is 2.57. The molecule has 1 heterocycles. The summed E-state index contributed by atoms with van der Waals surface area (Å²) in [6.45, 7) is 7.43. The number of aliphatic hydroxyl groups is 1. The molecular weight excluding hydrogens is 257 g/mol. The lowest BCUT2D eigenvalue weighted by Gasteiger charge is -2.38. The molecule has 1 saturated heterocycles. The number of halogens is 1.